The molecule has 0 saturated heterocycles. The number of hydrogen-bond acceptors (Lipinski definition) is 4. The molecule has 9 heteroatoms. The van der Waals surface area contributed by atoms with E-state index < -0.39 is 5.97 Å². The van der Waals surface area contributed by atoms with Gasteiger partial charge in [0.05, 0.1) is 28.5 Å². The van der Waals surface area contributed by atoms with Gasteiger partial charge in [0.25, 0.3) is 0 Å². The molecule has 0 aliphatic rings. The largest absolute Gasteiger partial charge is 0.505 e. The van der Waals surface area contributed by atoms with E-state index >= 15 is 0 Å². The van der Waals surface area contributed by atoms with Gasteiger partial charge in [0, 0.05) is 5.56 Å². The zero-order chi connectivity index (χ0) is 19.0. The summed E-state index contributed by atoms with van der Waals surface area (Å²) in [4.78, 5) is 16.2. The summed E-state index contributed by atoms with van der Waals surface area (Å²) in [7, 11) is 0. The second-order valence-corrected chi connectivity index (χ2v) is 7.62. The van der Waals surface area contributed by atoms with Crippen molar-refractivity contribution in [1.29, 1.82) is 0 Å². The summed E-state index contributed by atoms with van der Waals surface area (Å²) in [6.45, 7) is 2.03. The van der Waals surface area contributed by atoms with Crippen LogP contribution >= 0.6 is 47.8 Å². The number of esters is 1. The number of hydrogen-bond donors (Lipinski definition) is 1. The number of rotatable bonds is 4. The number of pyridine rings is 1. The van der Waals surface area contributed by atoms with Gasteiger partial charge in [-0.3, -0.25) is 0 Å². The van der Waals surface area contributed by atoms with Gasteiger partial charge in [0.15, 0.2) is 11.4 Å². The van der Waals surface area contributed by atoms with Gasteiger partial charge in [-0.05, 0) is 60.8 Å². The van der Waals surface area contributed by atoms with Crippen molar-refractivity contribution in [3.63, 3.8) is 0 Å². The number of benzene rings is 1. The molecule has 0 aliphatic carbocycles. The van der Waals surface area contributed by atoms with Gasteiger partial charge < -0.3 is 14.4 Å². The average Bonchev–Trinajstić information content (AvgIpc) is 2.86. The van der Waals surface area contributed by atoms with Crippen LogP contribution in [0.1, 0.15) is 23.0 Å². The van der Waals surface area contributed by atoms with Crippen molar-refractivity contribution >= 4 is 64.7 Å². The zero-order valence-electron chi connectivity index (χ0n) is 13.4. The lowest BCUT2D eigenvalue weighted by atomic mass is 10.2. The molecule has 0 bridgehead atoms. The summed E-state index contributed by atoms with van der Waals surface area (Å²) in [5, 5.41) is 11.0. The molecule has 0 aliphatic heterocycles. The average molecular weight is 551 g/mol. The Morgan fingerprint density at radius 2 is 2.00 bits per heavy atom. The smallest absolute Gasteiger partial charge is 0.360 e. The number of aromatic nitrogens is 2. The minimum Gasteiger partial charge on any atom is -0.505 e. The van der Waals surface area contributed by atoms with E-state index in [-0.39, 0.29) is 30.4 Å². The summed E-state index contributed by atoms with van der Waals surface area (Å²) >= 11 is 10.2. The Labute approximate surface area is 173 Å². The SMILES string of the molecule is CCOC(=O)c1nc(Br)c2c(c1O)c(Br)c(Br)n2Cc1ccccc1F. The molecule has 0 unspecified atom stereocenters. The van der Waals surface area contributed by atoms with Crippen LogP contribution in [0, 0.1) is 5.82 Å². The van der Waals surface area contributed by atoms with Gasteiger partial charge in [-0.1, -0.05) is 18.2 Å². The van der Waals surface area contributed by atoms with Crippen LogP contribution in [0.4, 0.5) is 4.39 Å². The first-order valence-electron chi connectivity index (χ1n) is 7.53. The maximum Gasteiger partial charge on any atom is 0.360 e. The molecule has 2 aromatic heterocycles. The van der Waals surface area contributed by atoms with Crippen LogP contribution in [-0.2, 0) is 11.3 Å². The Kier molecular flexibility index (Phi) is 5.69. The highest BCUT2D eigenvalue weighted by Gasteiger charge is 2.26. The van der Waals surface area contributed by atoms with Gasteiger partial charge in [-0.2, -0.15) is 0 Å². The van der Waals surface area contributed by atoms with Crippen molar-refractivity contribution in [2.24, 2.45) is 0 Å². The van der Waals surface area contributed by atoms with E-state index in [1.807, 2.05) is 0 Å². The fourth-order valence-electron chi connectivity index (χ4n) is 2.60. The fraction of sp³-hybridized carbons (Fsp3) is 0.176. The summed E-state index contributed by atoms with van der Waals surface area (Å²) < 4.78 is 22.2. The third-order valence-electron chi connectivity index (χ3n) is 3.77. The van der Waals surface area contributed by atoms with E-state index in [9.17, 15) is 14.3 Å². The van der Waals surface area contributed by atoms with Gasteiger partial charge in [-0.15, -0.1) is 0 Å². The number of aromatic hydroxyl groups is 1. The quantitative estimate of drug-likeness (QED) is 0.349. The molecule has 1 aromatic carbocycles. The molecule has 3 aromatic rings. The van der Waals surface area contributed by atoms with Crippen LogP contribution in [0.5, 0.6) is 5.75 Å². The van der Waals surface area contributed by atoms with Crippen LogP contribution in [0.2, 0.25) is 0 Å². The first-order valence-corrected chi connectivity index (χ1v) is 9.90. The van der Waals surface area contributed by atoms with E-state index in [0.717, 1.165) is 0 Å². The zero-order valence-corrected chi connectivity index (χ0v) is 18.2. The maximum absolute atomic E-state index is 14.1. The first-order chi connectivity index (χ1) is 12.4. The highest BCUT2D eigenvalue weighted by molar-refractivity contribution is 9.13. The van der Waals surface area contributed by atoms with E-state index in [1.165, 1.54) is 6.07 Å². The Hall–Kier alpha value is -1.45. The Morgan fingerprint density at radius 1 is 1.31 bits per heavy atom. The highest BCUT2D eigenvalue weighted by Crippen LogP contribution is 2.43. The Bertz CT molecular complexity index is 1020. The summed E-state index contributed by atoms with van der Waals surface area (Å²) in [6.07, 6.45) is 0. The third kappa shape index (κ3) is 3.27. The molecule has 1 N–H and O–H groups in total. The first kappa shape index (κ1) is 19.3. The Balaban J connectivity index is 2.24. The van der Waals surface area contributed by atoms with Crippen molar-refractivity contribution in [3.8, 4) is 5.75 Å². The number of nitrogens with zero attached hydrogens (tertiary/aromatic N) is 2. The Morgan fingerprint density at radius 3 is 2.65 bits per heavy atom. The number of carbonyl (C=O) groups excluding carboxylic acids is 1. The number of carbonyl (C=O) groups is 1. The fourth-order valence-corrected chi connectivity index (χ4v) is 4.28. The van der Waals surface area contributed by atoms with Crippen LogP contribution in [0.25, 0.3) is 10.9 Å². The number of halogens is 4. The molecular formula is C17H12Br3FN2O3. The molecule has 5 nitrogen and oxygen atoms in total. The molecule has 0 radical (unpaired) electrons. The van der Waals surface area contributed by atoms with Crippen LogP contribution in [0.3, 0.4) is 0 Å². The lowest BCUT2D eigenvalue weighted by Gasteiger charge is -2.11. The standard InChI is InChI=1S/C17H12Br3FN2O3/c1-2-26-17(25)12-14(24)10-11(18)16(20)23(13(10)15(19)22-12)7-8-5-3-4-6-9(8)21/h3-6,24H,2,7H2,1H3. The normalized spacial score (nSPS) is 11.1. The predicted molar refractivity (Wildman–Crippen MR) is 106 cm³/mol. The minimum absolute atomic E-state index is 0.161. The molecule has 0 atom stereocenters. The minimum atomic E-state index is -0.725. The van der Waals surface area contributed by atoms with Crippen molar-refractivity contribution < 1.29 is 19.0 Å². The molecule has 136 valence electrons. The lowest BCUT2D eigenvalue weighted by Crippen LogP contribution is -2.09. The van der Waals surface area contributed by atoms with Crippen molar-refractivity contribution in [2.75, 3.05) is 6.61 Å². The van der Waals surface area contributed by atoms with Crippen molar-refractivity contribution in [1.82, 2.24) is 9.55 Å². The molecule has 26 heavy (non-hydrogen) atoms. The van der Waals surface area contributed by atoms with E-state index in [4.69, 9.17) is 4.74 Å². The van der Waals surface area contributed by atoms with Gasteiger partial charge in [0.1, 0.15) is 15.0 Å². The summed E-state index contributed by atoms with van der Waals surface area (Å²) in [6, 6.07) is 6.42. The van der Waals surface area contributed by atoms with Gasteiger partial charge in [-0.25, -0.2) is 14.2 Å². The van der Waals surface area contributed by atoms with Crippen molar-refractivity contribution in [3.05, 3.63) is 55.0 Å². The molecule has 0 spiro atoms. The van der Waals surface area contributed by atoms with Gasteiger partial charge >= 0.3 is 5.97 Å². The summed E-state index contributed by atoms with van der Waals surface area (Å²) in [5.41, 5.74) is 0.790. The second kappa shape index (κ2) is 7.66. The van der Waals surface area contributed by atoms with Crippen LogP contribution in [-0.4, -0.2) is 27.2 Å². The topological polar surface area (TPSA) is 64.3 Å². The van der Waals surface area contributed by atoms with Crippen LogP contribution < -0.4 is 0 Å². The highest BCUT2D eigenvalue weighted by atomic mass is 79.9. The van der Waals surface area contributed by atoms with E-state index in [2.05, 4.69) is 52.8 Å². The summed E-state index contributed by atoms with van der Waals surface area (Å²) in [5.74, 6) is -1.37. The molecule has 3 rings (SSSR count). The van der Waals surface area contributed by atoms with E-state index in [0.29, 0.717) is 30.1 Å². The third-order valence-corrected chi connectivity index (χ3v) is 6.45. The maximum atomic E-state index is 14.1. The van der Waals surface area contributed by atoms with E-state index in [1.54, 1.807) is 29.7 Å². The predicted octanol–water partition coefficient (Wildman–Crippen LogP) is 5.39. The molecular weight excluding hydrogens is 539 g/mol. The molecule has 0 saturated carbocycles. The second-order valence-electron chi connectivity index (χ2n) is 5.33. The molecule has 0 fully saturated rings. The monoisotopic (exact) mass is 548 g/mol. The molecule has 0 amide bonds. The van der Waals surface area contributed by atoms with Crippen molar-refractivity contribution in [2.45, 2.75) is 13.5 Å². The van der Waals surface area contributed by atoms with Gasteiger partial charge in [0.2, 0.25) is 0 Å². The van der Waals surface area contributed by atoms with Crippen LogP contribution in [0.15, 0.2) is 37.9 Å². The molecule has 2 heterocycles. The number of fused-ring (bicyclic) bond motifs is 1. The lowest BCUT2D eigenvalue weighted by molar-refractivity contribution is 0.0516. The number of ether oxygens (including phenoxy) is 1.